The summed E-state index contributed by atoms with van der Waals surface area (Å²) in [5.41, 5.74) is 0. The maximum Gasteiger partial charge on any atom is 0.303 e. The second-order valence-electron chi connectivity index (χ2n) is 0.0833. The molecule has 0 atom stereocenters. The molecule has 0 saturated carbocycles. The molecule has 0 unspecified atom stereocenters. The second kappa shape index (κ2) is 19.5. The van der Waals surface area contributed by atoms with Crippen molar-refractivity contribution in [1.82, 2.24) is 0 Å². The Kier molecular flexibility index (Phi) is 64.3. The van der Waals surface area contributed by atoms with Crippen LogP contribution in [-0.4, -0.2) is 0 Å². The fraction of sp³-hybridized carbons (Fsp3) is 0. The van der Waals surface area contributed by atoms with Gasteiger partial charge in [0.25, 0.3) is 0 Å². The van der Waals surface area contributed by atoms with Gasteiger partial charge in [-0.05, 0) is 0 Å². The fourth-order valence-electron chi connectivity index (χ4n) is 0. The average molecular weight is 219 g/mol. The van der Waals surface area contributed by atoms with Gasteiger partial charge in [-0.25, -0.2) is 9.13 Å². The monoisotopic (exact) mass is 221 g/mol. The molecule has 0 rings (SSSR count). The van der Waals surface area contributed by atoms with E-state index in [1.807, 2.05) is 0 Å². The Balaban J connectivity index is -0.0000000200. The smallest absolute Gasteiger partial charge is 0.241 e. The first-order valence-corrected chi connectivity index (χ1v) is 1.22. The molecule has 0 spiro atoms. The molecule has 0 N–H and O–H groups in total. The van der Waals surface area contributed by atoms with E-state index in [9.17, 15) is 0 Å². The third kappa shape index (κ3) is 40.7. The van der Waals surface area contributed by atoms with E-state index < -0.39 is 8.34 Å². The Morgan fingerprint density at radius 1 is 1.20 bits per heavy atom. The Bertz CT molecular complexity index is 30.6. The van der Waals surface area contributed by atoms with Crippen LogP contribution in [0, 0.1) is 0 Å². The van der Waals surface area contributed by atoms with E-state index in [4.69, 9.17) is 9.13 Å². The van der Waals surface area contributed by atoms with Gasteiger partial charge in [-0.3, -0.25) is 0 Å². The molecule has 0 heterocycles. The van der Waals surface area contributed by atoms with Crippen LogP contribution in [0.3, 0.4) is 0 Å². The standard InChI is InChI=1S/Co.Mo.HO2P/c;;1-3-2/h;;3H. The molecule has 5 heteroatoms. The van der Waals surface area contributed by atoms with Gasteiger partial charge in [0.05, 0.1) is 0 Å². The molecule has 0 amide bonds. The summed E-state index contributed by atoms with van der Waals surface area (Å²) < 4.78 is 16.8. The molecule has 0 aromatic rings. The van der Waals surface area contributed by atoms with Crippen LogP contribution < -0.4 is 0 Å². The van der Waals surface area contributed by atoms with Crippen molar-refractivity contribution in [3.05, 3.63) is 0 Å². The van der Waals surface area contributed by atoms with Crippen LogP contribution >= 0.6 is 8.34 Å². The average Bonchev–Trinajstić information content (AvgIpc) is 0.918. The summed E-state index contributed by atoms with van der Waals surface area (Å²) in [7, 11) is -1.42. The van der Waals surface area contributed by atoms with Crippen molar-refractivity contribution >= 4 is 8.34 Å². The van der Waals surface area contributed by atoms with Crippen molar-refractivity contribution in [3.8, 4) is 0 Å². The van der Waals surface area contributed by atoms with E-state index in [0.717, 1.165) is 0 Å². The number of hydrogen-bond donors (Lipinski definition) is 0. The van der Waals surface area contributed by atoms with Crippen molar-refractivity contribution in [1.29, 1.82) is 0 Å². The largest absolute Gasteiger partial charge is 0.303 e. The van der Waals surface area contributed by atoms with Crippen molar-refractivity contribution in [2.75, 3.05) is 0 Å². The second-order valence-corrected chi connectivity index (χ2v) is 0.250. The molecule has 0 aliphatic carbocycles. The maximum atomic E-state index is 8.40. The van der Waals surface area contributed by atoms with Crippen molar-refractivity contribution in [2.45, 2.75) is 0 Å². The molecule has 2 nitrogen and oxygen atoms in total. The van der Waals surface area contributed by atoms with E-state index in [0.29, 0.717) is 0 Å². The Labute approximate surface area is 55.4 Å². The minimum atomic E-state index is -1.42. The first-order valence-electron chi connectivity index (χ1n) is 0.408. The molecule has 1 radical (unpaired) electrons. The zero-order chi connectivity index (χ0) is 2.71. The first kappa shape index (κ1) is 16.5. The van der Waals surface area contributed by atoms with Crippen molar-refractivity contribution < 1.29 is 47.0 Å². The van der Waals surface area contributed by atoms with Crippen LogP contribution in [0.1, 0.15) is 0 Å². The van der Waals surface area contributed by atoms with Crippen molar-refractivity contribution in [2.24, 2.45) is 0 Å². The molecular weight excluding hydrogens is 218 g/mol. The summed E-state index contributed by atoms with van der Waals surface area (Å²) in [4.78, 5) is 0. The molecular formula is HCoMoO2P. The molecule has 0 saturated heterocycles. The van der Waals surface area contributed by atoms with Crippen LogP contribution in [0.4, 0.5) is 0 Å². The minimum absolute atomic E-state index is 0. The first-order chi connectivity index (χ1) is 1.41. The summed E-state index contributed by atoms with van der Waals surface area (Å²) >= 11 is 0. The van der Waals surface area contributed by atoms with Crippen molar-refractivity contribution in [3.63, 3.8) is 0 Å². The molecule has 0 aliphatic heterocycles. The summed E-state index contributed by atoms with van der Waals surface area (Å²) in [6.45, 7) is 0. The van der Waals surface area contributed by atoms with E-state index in [2.05, 4.69) is 0 Å². The zero-order valence-corrected chi connectivity index (χ0v) is 6.11. The van der Waals surface area contributed by atoms with Gasteiger partial charge in [0.1, 0.15) is 0 Å². The number of rotatable bonds is 0. The van der Waals surface area contributed by atoms with E-state index in [1.165, 1.54) is 0 Å². The molecule has 0 aromatic carbocycles. The van der Waals surface area contributed by atoms with E-state index in [1.54, 1.807) is 0 Å². The summed E-state index contributed by atoms with van der Waals surface area (Å²) in [5.74, 6) is 0. The van der Waals surface area contributed by atoms with Gasteiger partial charge < -0.3 is 0 Å². The predicted molar refractivity (Wildman–Crippen MR) is 9.69 cm³/mol. The molecule has 0 aliphatic rings. The summed E-state index contributed by atoms with van der Waals surface area (Å²) in [6.07, 6.45) is 0. The van der Waals surface area contributed by atoms with Gasteiger partial charge in [0.15, 0.2) is 0 Å². The molecule has 0 fully saturated rings. The van der Waals surface area contributed by atoms with E-state index in [-0.39, 0.29) is 37.8 Å². The van der Waals surface area contributed by atoms with Gasteiger partial charge in [-0.2, -0.15) is 0 Å². The molecule has 5 heavy (non-hydrogen) atoms. The topological polar surface area (TPSA) is 34.1 Å². The Morgan fingerprint density at radius 3 is 1.20 bits per heavy atom. The van der Waals surface area contributed by atoms with Crippen LogP contribution in [0.15, 0.2) is 0 Å². The number of hydrogen-bond acceptors (Lipinski definition) is 2. The van der Waals surface area contributed by atoms with Crippen LogP contribution in [0.2, 0.25) is 0 Å². The molecule has 33 valence electrons. The summed E-state index contributed by atoms with van der Waals surface area (Å²) in [5, 5.41) is 0. The third-order valence-corrected chi connectivity index (χ3v) is 0. The van der Waals surface area contributed by atoms with E-state index >= 15 is 0 Å². The quantitative estimate of drug-likeness (QED) is 0.435. The zero-order valence-electron chi connectivity index (χ0n) is 2.06. The Hall–Kier alpha value is 1.09. The SMILES string of the molecule is O=[PH]=O.[Co].[Mo]. The maximum absolute atomic E-state index is 8.40. The van der Waals surface area contributed by atoms with Gasteiger partial charge in [0, 0.05) is 37.8 Å². The minimum Gasteiger partial charge on any atom is -0.241 e. The van der Waals surface area contributed by atoms with Gasteiger partial charge in [-0.15, -0.1) is 0 Å². The van der Waals surface area contributed by atoms with Gasteiger partial charge >= 0.3 is 8.34 Å². The third-order valence-electron chi connectivity index (χ3n) is 0. The van der Waals surface area contributed by atoms with Crippen LogP contribution in [-0.2, 0) is 47.0 Å². The normalized spacial score (nSPS) is 2.40. The predicted octanol–water partition coefficient (Wildman–Crippen LogP) is 0.351. The van der Waals surface area contributed by atoms with Gasteiger partial charge in [-0.1, -0.05) is 0 Å². The van der Waals surface area contributed by atoms with Crippen LogP contribution in [0.5, 0.6) is 0 Å². The molecule has 0 aromatic heterocycles. The van der Waals surface area contributed by atoms with Crippen LogP contribution in [0.25, 0.3) is 0 Å². The fourth-order valence-corrected chi connectivity index (χ4v) is 0. The van der Waals surface area contributed by atoms with Gasteiger partial charge in [0.2, 0.25) is 0 Å². The molecule has 0 bridgehead atoms. The summed E-state index contributed by atoms with van der Waals surface area (Å²) in [6, 6.07) is 0. The Morgan fingerprint density at radius 2 is 1.20 bits per heavy atom.